The smallest absolute Gasteiger partial charge is 0.258 e. The van der Waals surface area contributed by atoms with Gasteiger partial charge in [-0.3, -0.25) is 9.69 Å². The minimum Gasteiger partial charge on any atom is -0.484 e. The molecule has 166 valence electrons. The van der Waals surface area contributed by atoms with Crippen molar-refractivity contribution >= 4 is 5.91 Å². The number of carbonyl (C=O) groups is 1. The fourth-order valence-electron chi connectivity index (χ4n) is 3.92. The number of hydrogen-bond donors (Lipinski definition) is 1. The average Bonchev–Trinajstić information content (AvgIpc) is 2.85. The van der Waals surface area contributed by atoms with Crippen LogP contribution in [0, 0.1) is 0 Å². The van der Waals surface area contributed by atoms with E-state index in [1.165, 1.54) is 5.56 Å². The van der Waals surface area contributed by atoms with E-state index in [4.69, 9.17) is 9.47 Å². The predicted octanol–water partition coefficient (Wildman–Crippen LogP) is 4.59. The summed E-state index contributed by atoms with van der Waals surface area (Å²) >= 11 is 0. The van der Waals surface area contributed by atoms with Gasteiger partial charge >= 0.3 is 0 Å². The fraction of sp³-hybridized carbons (Fsp3) is 0.308. The first kappa shape index (κ1) is 21.8. The Kier molecular flexibility index (Phi) is 7.35. The molecule has 1 atom stereocenters. The maximum atomic E-state index is 12.3. The van der Waals surface area contributed by atoms with E-state index in [0.29, 0.717) is 23.4 Å². The van der Waals surface area contributed by atoms with Crippen molar-refractivity contribution in [2.45, 2.75) is 31.8 Å². The van der Waals surface area contributed by atoms with Crippen LogP contribution in [-0.2, 0) is 4.79 Å². The minimum absolute atomic E-state index is 0.00107. The third kappa shape index (κ3) is 6.08. The predicted molar refractivity (Wildman–Crippen MR) is 124 cm³/mol. The van der Waals surface area contributed by atoms with Gasteiger partial charge in [0.15, 0.2) is 6.61 Å². The first-order valence-electron chi connectivity index (χ1n) is 11.1. The lowest BCUT2D eigenvalue weighted by atomic mass is 10.00. The summed E-state index contributed by atoms with van der Waals surface area (Å²) in [4.78, 5) is 19.0. The molecule has 0 radical (unpaired) electrons. The van der Waals surface area contributed by atoms with Gasteiger partial charge in [0.25, 0.3) is 5.91 Å². The van der Waals surface area contributed by atoms with E-state index >= 15 is 0 Å². The van der Waals surface area contributed by atoms with E-state index in [1.54, 1.807) is 36.5 Å². The number of carbonyl (C=O) groups excluding carboxylic acids is 1. The second-order valence-corrected chi connectivity index (χ2v) is 7.99. The Bertz CT molecular complexity index is 972. The lowest BCUT2D eigenvalue weighted by Gasteiger charge is -2.36. The third-order valence-electron chi connectivity index (χ3n) is 5.78. The topological polar surface area (TPSA) is 63.7 Å². The van der Waals surface area contributed by atoms with Crippen LogP contribution in [0.4, 0.5) is 0 Å². The van der Waals surface area contributed by atoms with Gasteiger partial charge in [0, 0.05) is 37.4 Å². The van der Waals surface area contributed by atoms with Gasteiger partial charge in [-0.1, -0.05) is 36.4 Å². The molecular formula is C26H29N3O3. The largest absolute Gasteiger partial charge is 0.484 e. The molecule has 0 bridgehead atoms. The number of aromatic nitrogens is 1. The number of pyridine rings is 1. The first-order chi connectivity index (χ1) is 15.7. The molecule has 1 aliphatic heterocycles. The van der Waals surface area contributed by atoms with E-state index in [-0.39, 0.29) is 18.6 Å². The Morgan fingerprint density at radius 2 is 1.69 bits per heavy atom. The highest BCUT2D eigenvalue weighted by Gasteiger charge is 2.24. The van der Waals surface area contributed by atoms with Crippen molar-refractivity contribution in [2.24, 2.45) is 0 Å². The van der Waals surface area contributed by atoms with Gasteiger partial charge < -0.3 is 14.8 Å². The highest BCUT2D eigenvalue weighted by atomic mass is 16.5. The normalized spacial score (nSPS) is 15.7. The molecule has 2 heterocycles. The molecule has 6 nitrogen and oxygen atoms in total. The summed E-state index contributed by atoms with van der Waals surface area (Å²) in [5, 5.41) is 3.11. The molecule has 0 aliphatic carbocycles. The zero-order valence-corrected chi connectivity index (χ0v) is 18.3. The Labute approximate surface area is 189 Å². The van der Waals surface area contributed by atoms with Gasteiger partial charge in [-0.05, 0) is 55.7 Å². The SMILES string of the molecule is C[C@H](c1ccccc1)N1CCC(NC(=O)COc2ccc(Oc3ccccn3)cc2)CC1. The van der Waals surface area contributed by atoms with Crippen LogP contribution in [0.25, 0.3) is 0 Å². The molecule has 1 aliphatic rings. The number of hydrogen-bond acceptors (Lipinski definition) is 5. The molecule has 1 saturated heterocycles. The first-order valence-corrected chi connectivity index (χ1v) is 11.1. The highest BCUT2D eigenvalue weighted by Crippen LogP contribution is 2.24. The fourth-order valence-corrected chi connectivity index (χ4v) is 3.92. The Balaban J connectivity index is 1.18. The molecule has 0 spiro atoms. The van der Waals surface area contributed by atoms with Crippen LogP contribution >= 0.6 is 0 Å². The van der Waals surface area contributed by atoms with Crippen LogP contribution in [-0.4, -0.2) is 41.5 Å². The van der Waals surface area contributed by atoms with Crippen LogP contribution in [0.3, 0.4) is 0 Å². The summed E-state index contributed by atoms with van der Waals surface area (Å²) in [6.07, 6.45) is 3.57. The summed E-state index contributed by atoms with van der Waals surface area (Å²) in [7, 11) is 0. The Morgan fingerprint density at radius 1 is 1.00 bits per heavy atom. The maximum Gasteiger partial charge on any atom is 0.258 e. The second-order valence-electron chi connectivity index (χ2n) is 7.99. The van der Waals surface area contributed by atoms with Crippen molar-refractivity contribution in [2.75, 3.05) is 19.7 Å². The monoisotopic (exact) mass is 431 g/mol. The summed E-state index contributed by atoms with van der Waals surface area (Å²) in [6, 6.07) is 23.8. The van der Waals surface area contributed by atoms with Gasteiger partial charge in [0.05, 0.1) is 0 Å². The second kappa shape index (κ2) is 10.8. The third-order valence-corrected chi connectivity index (χ3v) is 5.78. The van der Waals surface area contributed by atoms with Crippen molar-refractivity contribution in [1.82, 2.24) is 15.2 Å². The molecule has 1 N–H and O–H groups in total. The summed E-state index contributed by atoms with van der Waals surface area (Å²) in [6.45, 7) is 4.19. The number of nitrogens with zero attached hydrogens (tertiary/aromatic N) is 2. The molecular weight excluding hydrogens is 402 g/mol. The van der Waals surface area contributed by atoms with Crippen LogP contribution < -0.4 is 14.8 Å². The molecule has 1 amide bonds. The Morgan fingerprint density at radius 3 is 2.38 bits per heavy atom. The van der Waals surface area contributed by atoms with Gasteiger partial charge in [-0.15, -0.1) is 0 Å². The van der Waals surface area contributed by atoms with Crippen LogP contribution in [0.1, 0.15) is 31.4 Å². The van der Waals surface area contributed by atoms with E-state index in [2.05, 4.69) is 46.4 Å². The van der Waals surface area contributed by atoms with Gasteiger partial charge in [0.1, 0.15) is 11.5 Å². The molecule has 2 aromatic carbocycles. The lowest BCUT2D eigenvalue weighted by Crippen LogP contribution is -2.46. The molecule has 6 heteroatoms. The molecule has 1 fully saturated rings. The van der Waals surface area contributed by atoms with Crippen LogP contribution in [0.2, 0.25) is 0 Å². The van der Waals surface area contributed by atoms with Gasteiger partial charge in [-0.25, -0.2) is 4.98 Å². The maximum absolute atomic E-state index is 12.3. The number of nitrogens with one attached hydrogen (secondary N) is 1. The van der Waals surface area contributed by atoms with Crippen molar-refractivity contribution in [1.29, 1.82) is 0 Å². The molecule has 32 heavy (non-hydrogen) atoms. The van der Waals surface area contributed by atoms with Crippen LogP contribution in [0.15, 0.2) is 79.0 Å². The molecule has 0 unspecified atom stereocenters. The van der Waals surface area contributed by atoms with Crippen molar-refractivity contribution < 1.29 is 14.3 Å². The molecule has 4 rings (SSSR count). The number of piperidine rings is 1. The molecule has 1 aromatic heterocycles. The molecule has 0 saturated carbocycles. The zero-order valence-electron chi connectivity index (χ0n) is 18.3. The molecule has 3 aromatic rings. The quantitative estimate of drug-likeness (QED) is 0.565. The number of likely N-dealkylation sites (tertiary alicyclic amines) is 1. The standard InChI is InChI=1S/C26H29N3O3/c1-20(21-7-3-2-4-8-21)29-17-14-22(15-18-29)28-25(30)19-31-23-10-12-24(13-11-23)32-26-9-5-6-16-27-26/h2-13,16,20,22H,14-15,17-19H2,1H3,(H,28,30)/t20-/m1/s1. The van der Waals surface area contributed by atoms with Crippen LogP contribution in [0.5, 0.6) is 17.4 Å². The van der Waals surface area contributed by atoms with E-state index < -0.39 is 0 Å². The minimum atomic E-state index is -0.0895. The Hall–Kier alpha value is -3.38. The van der Waals surface area contributed by atoms with Gasteiger partial charge in [0.2, 0.25) is 5.88 Å². The van der Waals surface area contributed by atoms with Crippen molar-refractivity contribution in [3.05, 3.63) is 84.6 Å². The number of amides is 1. The highest BCUT2D eigenvalue weighted by molar-refractivity contribution is 5.77. The van der Waals surface area contributed by atoms with Crippen molar-refractivity contribution in [3.63, 3.8) is 0 Å². The summed E-state index contributed by atoms with van der Waals surface area (Å²) in [5.41, 5.74) is 1.33. The number of benzene rings is 2. The van der Waals surface area contributed by atoms with Crippen molar-refractivity contribution in [3.8, 4) is 17.4 Å². The summed E-state index contributed by atoms with van der Waals surface area (Å²) in [5.74, 6) is 1.73. The summed E-state index contributed by atoms with van der Waals surface area (Å²) < 4.78 is 11.3. The van der Waals surface area contributed by atoms with Gasteiger partial charge in [-0.2, -0.15) is 0 Å². The average molecular weight is 432 g/mol. The van der Waals surface area contributed by atoms with E-state index in [1.807, 2.05) is 18.2 Å². The zero-order chi connectivity index (χ0) is 22.2. The number of rotatable bonds is 8. The van der Waals surface area contributed by atoms with E-state index in [9.17, 15) is 4.79 Å². The number of ether oxygens (including phenoxy) is 2. The lowest BCUT2D eigenvalue weighted by molar-refractivity contribution is -0.124. The van der Waals surface area contributed by atoms with E-state index in [0.717, 1.165) is 25.9 Å².